The maximum atomic E-state index is 9.19. The number of fused-ring (bicyclic) bond motifs is 3. The van der Waals surface area contributed by atoms with E-state index in [1.165, 1.54) is 0 Å². The van der Waals surface area contributed by atoms with E-state index in [2.05, 4.69) is 42.5 Å². The first-order valence-electron chi connectivity index (χ1n) is 18.6. The van der Waals surface area contributed by atoms with E-state index >= 15 is 0 Å². The molecular formula is C42H24O. The lowest BCUT2D eigenvalue weighted by Gasteiger charge is -2.22. The molecule has 0 spiro atoms. The maximum Gasteiger partial charge on any atom is 0.135 e. The number of ether oxygens (including phenoxy) is 1. The van der Waals surface area contributed by atoms with Gasteiger partial charge < -0.3 is 4.74 Å². The molecule has 1 heteroatoms. The molecule has 1 aliphatic heterocycles. The van der Waals surface area contributed by atoms with Gasteiger partial charge in [0, 0.05) is 10.9 Å². The summed E-state index contributed by atoms with van der Waals surface area (Å²) < 4.78 is 85.9. The smallest absolute Gasteiger partial charge is 0.135 e. The van der Waals surface area contributed by atoms with Crippen LogP contribution in [0, 0.1) is 0 Å². The van der Waals surface area contributed by atoms with Crippen LogP contribution in [-0.4, -0.2) is 0 Å². The Balaban J connectivity index is 1.21. The van der Waals surface area contributed by atoms with Crippen molar-refractivity contribution in [3.63, 3.8) is 0 Å². The van der Waals surface area contributed by atoms with Crippen LogP contribution in [0.1, 0.15) is 12.3 Å². The number of benzene rings is 9. The predicted molar refractivity (Wildman–Crippen MR) is 182 cm³/mol. The Morgan fingerprint density at radius 3 is 1.98 bits per heavy atom. The largest absolute Gasteiger partial charge is 0.456 e. The fraction of sp³-hybridized carbons (Fsp3) is 0. The molecule has 0 saturated heterocycles. The van der Waals surface area contributed by atoms with Crippen LogP contribution in [0.3, 0.4) is 0 Å². The molecule has 198 valence electrons. The monoisotopic (exact) mass is 553 g/mol. The van der Waals surface area contributed by atoms with Gasteiger partial charge in [-0.15, -0.1) is 0 Å². The van der Waals surface area contributed by atoms with Gasteiger partial charge in [0.1, 0.15) is 11.5 Å². The van der Waals surface area contributed by atoms with E-state index in [1.807, 2.05) is 48.5 Å². The molecule has 10 rings (SSSR count). The lowest BCUT2D eigenvalue weighted by Crippen LogP contribution is -1.97. The standard InChI is InChI=1S/C42H24O/c1-4-27-12-13-29-16-19-34(36-20-17-28(5-1)40(27)42(29)36)32-15-11-25-10-14-30(22-33(25)23-32)31-18-21-38-37(24-31)35-8-2-6-26-7-3-9-39(43-38)41(26)35/h1-24H/i1D,4D,5D,12D,13D,16D,17D,19D,20D. The lowest BCUT2D eigenvalue weighted by atomic mass is 9.89. The molecule has 0 saturated carbocycles. The van der Waals surface area contributed by atoms with Crippen LogP contribution < -0.4 is 4.74 Å². The Morgan fingerprint density at radius 2 is 1.09 bits per heavy atom. The SMILES string of the molecule is [2H]c1c([2H])c2c([2H])c([2H])c3c([2H])c([2H])c(-c4ccc5ccc(-c6ccc7c(c6)-c6cccc8cccc(c68)O7)cc5c4)c4c([2H])c([2H])c(c1[2H])c2c34. The first-order valence-corrected chi connectivity index (χ1v) is 14.1. The minimum absolute atomic E-state index is 0.0333. The molecule has 0 aromatic heterocycles. The minimum atomic E-state index is -0.488. The Morgan fingerprint density at radius 1 is 0.395 bits per heavy atom. The van der Waals surface area contributed by atoms with Gasteiger partial charge in [-0.25, -0.2) is 0 Å². The summed E-state index contributed by atoms with van der Waals surface area (Å²) in [5, 5.41) is 4.31. The molecule has 1 nitrogen and oxygen atoms in total. The highest BCUT2D eigenvalue weighted by atomic mass is 16.5. The fourth-order valence-electron chi connectivity index (χ4n) is 6.60. The topological polar surface area (TPSA) is 9.23 Å². The van der Waals surface area contributed by atoms with Crippen molar-refractivity contribution >= 4 is 53.9 Å². The molecule has 0 unspecified atom stereocenters. The Bertz CT molecular complexity index is 3070. The lowest BCUT2D eigenvalue weighted by molar-refractivity contribution is 0.487. The second-order valence-electron chi connectivity index (χ2n) is 11.0. The van der Waals surface area contributed by atoms with E-state index in [9.17, 15) is 2.74 Å². The summed E-state index contributed by atoms with van der Waals surface area (Å²) in [4.78, 5) is 0. The van der Waals surface area contributed by atoms with Gasteiger partial charge in [-0.1, -0.05) is 115 Å². The van der Waals surface area contributed by atoms with Gasteiger partial charge in [-0.2, -0.15) is 0 Å². The molecule has 9 aromatic carbocycles. The molecule has 1 aliphatic rings. The molecule has 0 radical (unpaired) electrons. The average Bonchev–Trinajstić information content (AvgIpc) is 3.15. The maximum absolute atomic E-state index is 9.19. The number of hydrogen-bond acceptors (Lipinski definition) is 1. The number of rotatable bonds is 2. The van der Waals surface area contributed by atoms with Crippen molar-refractivity contribution in [2.45, 2.75) is 0 Å². The summed E-state index contributed by atoms with van der Waals surface area (Å²) in [7, 11) is 0. The first-order chi connectivity index (χ1) is 25.0. The van der Waals surface area contributed by atoms with E-state index < -0.39 is 24.2 Å². The molecule has 43 heavy (non-hydrogen) atoms. The highest BCUT2D eigenvalue weighted by molar-refractivity contribution is 6.25. The molecule has 0 fully saturated rings. The highest BCUT2D eigenvalue weighted by Crippen LogP contribution is 2.47. The zero-order valence-corrected chi connectivity index (χ0v) is 22.6. The van der Waals surface area contributed by atoms with Crippen LogP contribution in [0.4, 0.5) is 0 Å². The Kier molecular flexibility index (Phi) is 3.16. The zero-order chi connectivity index (χ0) is 35.9. The quantitative estimate of drug-likeness (QED) is 0.193. The minimum Gasteiger partial charge on any atom is -0.456 e. The zero-order valence-electron chi connectivity index (χ0n) is 31.6. The molecule has 0 atom stereocenters. The van der Waals surface area contributed by atoms with Crippen LogP contribution in [0.25, 0.3) is 87.2 Å². The van der Waals surface area contributed by atoms with Gasteiger partial charge in [0.25, 0.3) is 0 Å². The third-order valence-electron chi connectivity index (χ3n) is 8.63. The van der Waals surface area contributed by atoms with Crippen molar-refractivity contribution in [3.8, 4) is 44.9 Å². The molecule has 9 aromatic rings. The van der Waals surface area contributed by atoms with Crippen molar-refractivity contribution in [1.29, 1.82) is 0 Å². The molecule has 0 amide bonds. The summed E-state index contributed by atoms with van der Waals surface area (Å²) in [6, 6.07) is 26.9. The van der Waals surface area contributed by atoms with Crippen molar-refractivity contribution < 1.29 is 17.1 Å². The van der Waals surface area contributed by atoms with Crippen molar-refractivity contribution in [1.82, 2.24) is 0 Å². The van der Waals surface area contributed by atoms with E-state index in [4.69, 9.17) is 14.3 Å². The van der Waals surface area contributed by atoms with E-state index in [1.54, 1.807) is 0 Å². The molecule has 0 N–H and O–H groups in total. The summed E-state index contributed by atoms with van der Waals surface area (Å²) in [6.45, 7) is 0. The predicted octanol–water partition coefficient (Wildman–Crippen LogP) is 12.0. The van der Waals surface area contributed by atoms with Crippen molar-refractivity contribution in [2.75, 3.05) is 0 Å². The summed E-state index contributed by atoms with van der Waals surface area (Å²) >= 11 is 0. The van der Waals surface area contributed by atoms with Crippen LogP contribution >= 0.6 is 0 Å². The highest BCUT2D eigenvalue weighted by Gasteiger charge is 2.20. The van der Waals surface area contributed by atoms with Gasteiger partial charge in [0.05, 0.1) is 12.3 Å². The molecular weight excluding hydrogens is 520 g/mol. The van der Waals surface area contributed by atoms with Crippen LogP contribution in [-0.2, 0) is 0 Å². The Hall–Kier alpha value is -5.66. The van der Waals surface area contributed by atoms with Gasteiger partial charge in [0.15, 0.2) is 0 Å². The third-order valence-corrected chi connectivity index (χ3v) is 8.63. The van der Waals surface area contributed by atoms with Crippen molar-refractivity contribution in [2.24, 2.45) is 0 Å². The van der Waals surface area contributed by atoms with Gasteiger partial charge in [-0.05, 0) is 107 Å². The van der Waals surface area contributed by atoms with Crippen LogP contribution in [0.5, 0.6) is 11.5 Å². The van der Waals surface area contributed by atoms with Gasteiger partial charge >= 0.3 is 0 Å². The average molecular weight is 554 g/mol. The molecule has 1 heterocycles. The summed E-state index contributed by atoms with van der Waals surface area (Å²) in [5.74, 6) is 1.61. The fourth-order valence-corrected chi connectivity index (χ4v) is 6.60. The van der Waals surface area contributed by atoms with E-state index in [0.717, 1.165) is 55.3 Å². The van der Waals surface area contributed by atoms with Crippen molar-refractivity contribution in [3.05, 3.63) is 145 Å². The van der Waals surface area contributed by atoms with E-state index in [-0.39, 0.29) is 68.1 Å². The van der Waals surface area contributed by atoms with Gasteiger partial charge in [-0.3, -0.25) is 0 Å². The van der Waals surface area contributed by atoms with Gasteiger partial charge in [0.2, 0.25) is 0 Å². The molecule has 0 bridgehead atoms. The summed E-state index contributed by atoms with van der Waals surface area (Å²) in [5.41, 5.74) is 4.80. The molecule has 0 aliphatic carbocycles. The normalized spacial score (nSPS) is 15.3. The Labute approximate surface area is 261 Å². The van der Waals surface area contributed by atoms with Crippen LogP contribution in [0.15, 0.2) is 145 Å². The third kappa shape index (κ3) is 3.28. The van der Waals surface area contributed by atoms with Crippen LogP contribution in [0.2, 0.25) is 0 Å². The second-order valence-corrected chi connectivity index (χ2v) is 11.0. The second kappa shape index (κ2) is 8.44. The summed E-state index contributed by atoms with van der Waals surface area (Å²) in [6.07, 6.45) is 0. The first kappa shape index (κ1) is 16.1. The number of hydrogen-bond donors (Lipinski definition) is 0. The van der Waals surface area contributed by atoms with E-state index in [0.29, 0.717) is 5.56 Å².